The molecular formula is C18H21N3O3. The van der Waals surface area contributed by atoms with Crippen LogP contribution in [0.2, 0.25) is 0 Å². The number of aromatic amines is 1. The van der Waals surface area contributed by atoms with Gasteiger partial charge in [0, 0.05) is 17.5 Å². The SMILES string of the molecule is CC[C@]1(CO)C[C@H]2CC[C@@H]1N2C(=O)c1nc2ccccc2[nH]c1=O. The fraction of sp³-hybridized carbons (Fsp3) is 0.500. The van der Waals surface area contributed by atoms with Gasteiger partial charge in [-0.2, -0.15) is 0 Å². The molecule has 2 bridgehead atoms. The number of hydrogen-bond donors (Lipinski definition) is 2. The van der Waals surface area contributed by atoms with E-state index in [9.17, 15) is 14.7 Å². The molecular weight excluding hydrogens is 306 g/mol. The largest absolute Gasteiger partial charge is 0.396 e. The van der Waals surface area contributed by atoms with Crippen molar-refractivity contribution in [1.82, 2.24) is 14.9 Å². The highest BCUT2D eigenvalue weighted by Crippen LogP contribution is 2.51. The number of carbonyl (C=O) groups is 1. The molecule has 0 spiro atoms. The van der Waals surface area contributed by atoms with E-state index >= 15 is 0 Å². The number of para-hydroxylation sites is 2. The zero-order valence-electron chi connectivity index (χ0n) is 13.7. The molecule has 0 aliphatic carbocycles. The maximum atomic E-state index is 13.1. The summed E-state index contributed by atoms with van der Waals surface area (Å²) in [6, 6.07) is 7.30. The molecule has 1 aromatic heterocycles. The van der Waals surface area contributed by atoms with Crippen LogP contribution in [-0.2, 0) is 0 Å². The molecule has 2 aliphatic rings. The molecule has 3 heterocycles. The highest BCUT2D eigenvalue weighted by Gasteiger charge is 2.56. The monoisotopic (exact) mass is 327 g/mol. The first-order chi connectivity index (χ1) is 11.6. The molecule has 3 atom stereocenters. The van der Waals surface area contributed by atoms with Gasteiger partial charge in [-0.05, 0) is 37.8 Å². The highest BCUT2D eigenvalue weighted by molar-refractivity contribution is 5.94. The lowest BCUT2D eigenvalue weighted by atomic mass is 9.72. The predicted molar refractivity (Wildman–Crippen MR) is 89.8 cm³/mol. The second kappa shape index (κ2) is 5.41. The lowest BCUT2D eigenvalue weighted by Crippen LogP contribution is -2.44. The molecule has 6 nitrogen and oxygen atoms in total. The van der Waals surface area contributed by atoms with Crippen molar-refractivity contribution in [3.63, 3.8) is 0 Å². The van der Waals surface area contributed by atoms with E-state index in [-0.39, 0.29) is 35.7 Å². The zero-order chi connectivity index (χ0) is 16.9. The van der Waals surface area contributed by atoms with Gasteiger partial charge in [0.25, 0.3) is 11.5 Å². The van der Waals surface area contributed by atoms with Crippen LogP contribution in [-0.4, -0.2) is 44.6 Å². The molecule has 2 aliphatic heterocycles. The summed E-state index contributed by atoms with van der Waals surface area (Å²) >= 11 is 0. The second-order valence-electron chi connectivity index (χ2n) is 6.97. The summed E-state index contributed by atoms with van der Waals surface area (Å²) in [5.74, 6) is -0.307. The van der Waals surface area contributed by atoms with Crippen LogP contribution >= 0.6 is 0 Å². The van der Waals surface area contributed by atoms with Crippen molar-refractivity contribution in [2.45, 2.75) is 44.7 Å². The number of aromatic nitrogens is 2. The molecule has 2 N–H and O–H groups in total. The Morgan fingerprint density at radius 2 is 2.21 bits per heavy atom. The fourth-order valence-corrected chi connectivity index (χ4v) is 4.56. The van der Waals surface area contributed by atoms with Gasteiger partial charge >= 0.3 is 0 Å². The number of carbonyl (C=O) groups excluding carboxylic acids is 1. The minimum atomic E-state index is -0.448. The van der Waals surface area contributed by atoms with Gasteiger partial charge in [0.15, 0.2) is 5.69 Å². The minimum absolute atomic E-state index is 0.00216. The van der Waals surface area contributed by atoms with Gasteiger partial charge in [-0.1, -0.05) is 19.1 Å². The molecule has 1 aromatic carbocycles. The third kappa shape index (κ3) is 2.02. The molecule has 0 saturated carbocycles. The second-order valence-corrected chi connectivity index (χ2v) is 6.97. The quantitative estimate of drug-likeness (QED) is 0.898. The molecule has 2 aromatic rings. The molecule has 1 amide bonds. The van der Waals surface area contributed by atoms with Crippen molar-refractivity contribution in [3.05, 3.63) is 40.3 Å². The van der Waals surface area contributed by atoms with Crippen LogP contribution in [0.15, 0.2) is 29.1 Å². The summed E-state index contributed by atoms with van der Waals surface area (Å²) in [7, 11) is 0. The number of aliphatic hydroxyl groups excluding tert-OH is 1. The van der Waals surface area contributed by atoms with E-state index in [1.54, 1.807) is 12.1 Å². The van der Waals surface area contributed by atoms with Crippen molar-refractivity contribution in [2.75, 3.05) is 6.61 Å². The lowest BCUT2D eigenvalue weighted by Gasteiger charge is -2.34. The third-order valence-corrected chi connectivity index (χ3v) is 5.91. The van der Waals surface area contributed by atoms with E-state index in [0.29, 0.717) is 11.0 Å². The Morgan fingerprint density at radius 1 is 1.42 bits per heavy atom. The summed E-state index contributed by atoms with van der Waals surface area (Å²) in [5.41, 5.74) is 0.506. The molecule has 2 fully saturated rings. The normalized spacial score (nSPS) is 28.7. The van der Waals surface area contributed by atoms with E-state index in [0.717, 1.165) is 25.7 Å². The van der Waals surface area contributed by atoms with Crippen LogP contribution in [0.5, 0.6) is 0 Å². The van der Waals surface area contributed by atoms with Gasteiger partial charge in [0.1, 0.15) is 0 Å². The number of hydrogen-bond acceptors (Lipinski definition) is 4. The maximum absolute atomic E-state index is 13.1. The summed E-state index contributed by atoms with van der Waals surface area (Å²) in [5, 5.41) is 9.88. The van der Waals surface area contributed by atoms with Gasteiger partial charge < -0.3 is 15.0 Å². The first kappa shape index (κ1) is 15.3. The summed E-state index contributed by atoms with van der Waals surface area (Å²) in [6.45, 7) is 2.14. The van der Waals surface area contributed by atoms with Gasteiger partial charge in [0.2, 0.25) is 0 Å². The molecule has 0 unspecified atom stereocenters. The zero-order valence-corrected chi connectivity index (χ0v) is 13.7. The summed E-state index contributed by atoms with van der Waals surface area (Å²) in [4.78, 5) is 34.3. The van der Waals surface area contributed by atoms with Gasteiger partial charge in [0.05, 0.1) is 17.6 Å². The molecule has 6 heteroatoms. The Hall–Kier alpha value is -2.21. The maximum Gasteiger partial charge on any atom is 0.280 e. The van der Waals surface area contributed by atoms with E-state index in [1.165, 1.54) is 0 Å². The number of H-pyrrole nitrogens is 1. The summed E-state index contributed by atoms with van der Waals surface area (Å²) < 4.78 is 0. The van der Waals surface area contributed by atoms with Crippen molar-refractivity contribution >= 4 is 16.9 Å². The van der Waals surface area contributed by atoms with Crippen molar-refractivity contribution in [1.29, 1.82) is 0 Å². The van der Waals surface area contributed by atoms with Crippen molar-refractivity contribution < 1.29 is 9.90 Å². The van der Waals surface area contributed by atoms with Crippen molar-refractivity contribution in [3.8, 4) is 0 Å². The number of amides is 1. The molecule has 4 rings (SSSR count). The van der Waals surface area contributed by atoms with E-state index in [4.69, 9.17) is 0 Å². The predicted octanol–water partition coefficient (Wildman–Crippen LogP) is 1.69. The van der Waals surface area contributed by atoms with Gasteiger partial charge in [-0.15, -0.1) is 0 Å². The van der Waals surface area contributed by atoms with Crippen LogP contribution < -0.4 is 5.56 Å². The van der Waals surface area contributed by atoms with E-state index in [2.05, 4.69) is 16.9 Å². The number of nitrogens with one attached hydrogen (secondary N) is 1. The average Bonchev–Trinajstić information content (AvgIpc) is 3.16. The van der Waals surface area contributed by atoms with Crippen LogP contribution in [0.1, 0.15) is 43.1 Å². The topological polar surface area (TPSA) is 86.3 Å². The number of nitrogens with zero attached hydrogens (tertiary/aromatic N) is 2. The van der Waals surface area contributed by atoms with Crippen LogP contribution in [0.25, 0.3) is 11.0 Å². The first-order valence-corrected chi connectivity index (χ1v) is 8.52. The molecule has 126 valence electrons. The highest BCUT2D eigenvalue weighted by atomic mass is 16.3. The number of benzene rings is 1. The lowest BCUT2D eigenvalue weighted by molar-refractivity contribution is 0.0551. The van der Waals surface area contributed by atoms with Gasteiger partial charge in [-0.3, -0.25) is 9.59 Å². The molecule has 0 radical (unpaired) electrons. The third-order valence-electron chi connectivity index (χ3n) is 5.91. The standard InChI is InChI=1S/C18H21N3O3/c1-2-18(10-22)9-11-7-8-14(18)21(11)17(24)15-16(23)20-13-6-4-3-5-12(13)19-15/h3-6,11,14,22H,2,7-10H2,1H3,(H,20,23)/t11-,14+,18-/m1/s1. The molecule has 2 saturated heterocycles. The Kier molecular flexibility index (Phi) is 3.46. The van der Waals surface area contributed by atoms with Crippen molar-refractivity contribution in [2.24, 2.45) is 5.41 Å². The van der Waals surface area contributed by atoms with Crippen LogP contribution in [0.3, 0.4) is 0 Å². The van der Waals surface area contributed by atoms with Gasteiger partial charge in [-0.25, -0.2) is 4.98 Å². The average molecular weight is 327 g/mol. The van der Waals surface area contributed by atoms with E-state index < -0.39 is 5.56 Å². The van der Waals surface area contributed by atoms with Crippen LogP contribution in [0.4, 0.5) is 0 Å². The number of fused-ring (bicyclic) bond motifs is 3. The molecule has 24 heavy (non-hydrogen) atoms. The smallest absolute Gasteiger partial charge is 0.280 e. The Bertz CT molecular complexity index is 856. The minimum Gasteiger partial charge on any atom is -0.396 e. The number of rotatable bonds is 3. The van der Waals surface area contributed by atoms with Crippen LogP contribution in [0, 0.1) is 5.41 Å². The van der Waals surface area contributed by atoms with E-state index in [1.807, 2.05) is 17.0 Å². The fourth-order valence-electron chi connectivity index (χ4n) is 4.56. The Labute approximate surface area is 139 Å². The summed E-state index contributed by atoms with van der Waals surface area (Å²) in [6.07, 6.45) is 3.46. The Balaban J connectivity index is 1.75. The Morgan fingerprint density at radius 3 is 2.92 bits per heavy atom. The first-order valence-electron chi connectivity index (χ1n) is 8.52. The number of aliphatic hydroxyl groups is 1.